The van der Waals surface area contributed by atoms with Crippen molar-refractivity contribution >= 4 is 0 Å². The first-order chi connectivity index (χ1) is 4.22. The van der Waals surface area contributed by atoms with Crippen LogP contribution in [0, 0.1) is 0 Å². The molecule has 1 nitrogen and oxygen atoms in total. The maximum atomic E-state index is 9.00. The Kier molecular flexibility index (Phi) is 3.52. The highest BCUT2D eigenvalue weighted by molar-refractivity contribution is 5.25. The van der Waals surface area contributed by atoms with Crippen molar-refractivity contribution in [2.24, 2.45) is 0 Å². The maximum Gasteiger partial charge on any atom is 0.114 e. The van der Waals surface area contributed by atoms with E-state index < -0.39 is 0 Å². The van der Waals surface area contributed by atoms with Gasteiger partial charge in [-0.15, -0.1) is 0 Å². The van der Waals surface area contributed by atoms with Crippen molar-refractivity contribution in [3.63, 3.8) is 0 Å². The van der Waals surface area contributed by atoms with Crippen molar-refractivity contribution in [2.45, 2.75) is 13.8 Å². The van der Waals surface area contributed by atoms with Crippen molar-refractivity contribution in [3.8, 4) is 0 Å². The molecule has 0 aromatic rings. The minimum absolute atomic E-state index is 0.315. The zero-order valence-electron chi connectivity index (χ0n) is 5.89. The fraction of sp³-hybridized carbons (Fsp3) is 0.250. The Morgan fingerprint density at radius 1 is 1.56 bits per heavy atom. The molecule has 0 amide bonds. The summed E-state index contributed by atoms with van der Waals surface area (Å²) in [7, 11) is 0. The van der Waals surface area contributed by atoms with Gasteiger partial charge in [0.15, 0.2) is 0 Å². The summed E-state index contributed by atoms with van der Waals surface area (Å²) < 4.78 is 0. The number of hydrogen-bond acceptors (Lipinski definition) is 1. The predicted molar refractivity (Wildman–Crippen MR) is 40.3 cm³/mol. The molecule has 0 aromatic carbocycles. The van der Waals surface area contributed by atoms with Gasteiger partial charge in [0.1, 0.15) is 5.76 Å². The largest absolute Gasteiger partial charge is 0.508 e. The highest BCUT2D eigenvalue weighted by Crippen LogP contribution is 2.03. The van der Waals surface area contributed by atoms with Crippen molar-refractivity contribution in [1.29, 1.82) is 0 Å². The first-order valence-electron chi connectivity index (χ1n) is 2.87. The molecular formula is C8H12O. The number of hydrogen-bond donors (Lipinski definition) is 1. The molecule has 0 unspecified atom stereocenters. The Morgan fingerprint density at radius 3 is 2.44 bits per heavy atom. The van der Waals surface area contributed by atoms with E-state index in [1.165, 1.54) is 0 Å². The van der Waals surface area contributed by atoms with E-state index in [-0.39, 0.29) is 0 Å². The molecule has 0 radical (unpaired) electrons. The number of allylic oxidation sites excluding steroid dienone is 4. The number of aliphatic hydroxyl groups is 1. The topological polar surface area (TPSA) is 20.2 Å². The lowest BCUT2D eigenvalue weighted by Crippen LogP contribution is -1.79. The molecule has 0 saturated carbocycles. The molecule has 0 fully saturated rings. The van der Waals surface area contributed by atoms with Crippen molar-refractivity contribution < 1.29 is 5.11 Å². The van der Waals surface area contributed by atoms with Gasteiger partial charge in [-0.2, -0.15) is 0 Å². The Hall–Kier alpha value is -0.980. The standard InChI is InChI=1S/C8H12O/c1-4-6-7(3)8(9)5-2/h4-6,9H,1H2,2-3H3/b7-6-,8-5+. The second-order valence-corrected chi connectivity index (χ2v) is 1.76. The smallest absolute Gasteiger partial charge is 0.114 e. The fourth-order valence-electron chi connectivity index (χ4n) is 0.490. The average Bonchev–Trinajstić information content (AvgIpc) is 1.87. The van der Waals surface area contributed by atoms with Crippen LogP contribution >= 0.6 is 0 Å². The van der Waals surface area contributed by atoms with E-state index in [1.54, 1.807) is 25.2 Å². The van der Waals surface area contributed by atoms with Crippen LogP contribution in [0.2, 0.25) is 0 Å². The van der Waals surface area contributed by atoms with Crippen molar-refractivity contribution in [3.05, 3.63) is 36.1 Å². The van der Waals surface area contributed by atoms with E-state index >= 15 is 0 Å². The predicted octanol–water partition coefficient (Wildman–Crippen LogP) is 2.58. The fourth-order valence-corrected chi connectivity index (χ4v) is 0.490. The SMILES string of the molecule is C=C/C=C(C)\C(O)=C/C. The lowest BCUT2D eigenvalue weighted by molar-refractivity contribution is 0.422. The highest BCUT2D eigenvalue weighted by atomic mass is 16.3. The van der Waals surface area contributed by atoms with Crippen LogP contribution in [0.1, 0.15) is 13.8 Å². The van der Waals surface area contributed by atoms with Gasteiger partial charge >= 0.3 is 0 Å². The number of rotatable bonds is 2. The Morgan fingerprint density at radius 2 is 2.11 bits per heavy atom. The zero-order valence-corrected chi connectivity index (χ0v) is 5.89. The molecule has 0 aliphatic heterocycles. The summed E-state index contributed by atoms with van der Waals surface area (Å²) in [6.45, 7) is 7.12. The molecule has 0 heterocycles. The monoisotopic (exact) mass is 124 g/mol. The summed E-state index contributed by atoms with van der Waals surface area (Å²) in [5, 5.41) is 9.00. The van der Waals surface area contributed by atoms with Gasteiger partial charge in [0.05, 0.1) is 0 Å². The Labute approximate surface area is 56.0 Å². The van der Waals surface area contributed by atoms with Crippen LogP contribution in [0.15, 0.2) is 36.1 Å². The lowest BCUT2D eigenvalue weighted by Gasteiger charge is -1.94. The van der Waals surface area contributed by atoms with Crippen molar-refractivity contribution in [2.75, 3.05) is 0 Å². The third kappa shape index (κ3) is 2.75. The second kappa shape index (κ2) is 3.96. The van der Waals surface area contributed by atoms with Crippen molar-refractivity contribution in [1.82, 2.24) is 0 Å². The molecule has 9 heavy (non-hydrogen) atoms. The van der Waals surface area contributed by atoms with E-state index in [0.29, 0.717) is 5.76 Å². The van der Waals surface area contributed by atoms with Gasteiger partial charge in [0.2, 0.25) is 0 Å². The summed E-state index contributed by atoms with van der Waals surface area (Å²) >= 11 is 0. The summed E-state index contributed by atoms with van der Waals surface area (Å²) in [6, 6.07) is 0. The third-order valence-corrected chi connectivity index (χ3v) is 1.05. The van der Waals surface area contributed by atoms with Gasteiger partial charge in [0.25, 0.3) is 0 Å². The van der Waals surface area contributed by atoms with Crippen LogP contribution < -0.4 is 0 Å². The van der Waals surface area contributed by atoms with Crippen LogP contribution in [0.25, 0.3) is 0 Å². The Bertz CT molecular complexity index is 152. The van der Waals surface area contributed by atoms with Crippen LogP contribution in [0.4, 0.5) is 0 Å². The molecule has 0 bridgehead atoms. The normalized spacial score (nSPS) is 13.6. The molecule has 1 heteroatoms. The molecule has 0 atom stereocenters. The van der Waals surface area contributed by atoms with Gasteiger partial charge in [0, 0.05) is 0 Å². The van der Waals surface area contributed by atoms with E-state index in [0.717, 1.165) is 5.57 Å². The molecule has 0 rings (SSSR count). The average molecular weight is 124 g/mol. The first-order valence-corrected chi connectivity index (χ1v) is 2.87. The molecule has 0 aliphatic rings. The second-order valence-electron chi connectivity index (χ2n) is 1.76. The van der Waals surface area contributed by atoms with Gasteiger partial charge < -0.3 is 5.11 Å². The molecule has 50 valence electrons. The summed E-state index contributed by atoms with van der Waals surface area (Å²) in [6.07, 6.45) is 5.06. The van der Waals surface area contributed by atoms with Crippen LogP contribution in [-0.2, 0) is 0 Å². The minimum atomic E-state index is 0.315. The van der Waals surface area contributed by atoms with E-state index in [1.807, 2.05) is 6.92 Å². The van der Waals surface area contributed by atoms with E-state index in [4.69, 9.17) is 5.11 Å². The lowest BCUT2D eigenvalue weighted by atomic mass is 10.2. The quantitative estimate of drug-likeness (QED) is 0.443. The van der Waals surface area contributed by atoms with Crippen LogP contribution in [-0.4, -0.2) is 5.11 Å². The summed E-state index contributed by atoms with van der Waals surface area (Å²) in [5.41, 5.74) is 0.840. The molecule has 0 aliphatic carbocycles. The highest BCUT2D eigenvalue weighted by Gasteiger charge is 1.89. The molecule has 0 aromatic heterocycles. The van der Waals surface area contributed by atoms with E-state index in [2.05, 4.69) is 6.58 Å². The number of aliphatic hydroxyl groups excluding tert-OH is 1. The maximum absolute atomic E-state index is 9.00. The minimum Gasteiger partial charge on any atom is -0.508 e. The molecule has 0 saturated heterocycles. The summed E-state index contributed by atoms with van der Waals surface area (Å²) in [5.74, 6) is 0.315. The molecule has 1 N–H and O–H groups in total. The van der Waals surface area contributed by atoms with E-state index in [9.17, 15) is 0 Å². The molecule has 0 spiro atoms. The van der Waals surface area contributed by atoms with Gasteiger partial charge in [-0.25, -0.2) is 0 Å². The molecular weight excluding hydrogens is 112 g/mol. The van der Waals surface area contributed by atoms with Gasteiger partial charge in [-0.3, -0.25) is 0 Å². The van der Waals surface area contributed by atoms with Gasteiger partial charge in [-0.1, -0.05) is 18.7 Å². The first kappa shape index (κ1) is 8.02. The Balaban J connectivity index is 4.19. The summed E-state index contributed by atoms with van der Waals surface area (Å²) in [4.78, 5) is 0. The zero-order chi connectivity index (χ0) is 7.28. The van der Waals surface area contributed by atoms with Crippen LogP contribution in [0.5, 0.6) is 0 Å². The third-order valence-electron chi connectivity index (χ3n) is 1.05. The van der Waals surface area contributed by atoms with Crippen LogP contribution in [0.3, 0.4) is 0 Å². The van der Waals surface area contributed by atoms with Gasteiger partial charge in [-0.05, 0) is 25.5 Å².